The Morgan fingerprint density at radius 2 is 1.96 bits per heavy atom. The number of primary sulfonamides is 1. The lowest BCUT2D eigenvalue weighted by molar-refractivity contribution is -0.137. The number of benzene rings is 1. The number of hydrogen-bond acceptors (Lipinski definition) is 4. The van der Waals surface area contributed by atoms with Crippen molar-refractivity contribution < 1.29 is 26.7 Å². The monoisotopic (exact) mass is 375 g/mol. The van der Waals surface area contributed by atoms with Crippen molar-refractivity contribution in [3.8, 4) is 0 Å². The van der Waals surface area contributed by atoms with Crippen LogP contribution < -0.4 is 5.14 Å². The summed E-state index contributed by atoms with van der Waals surface area (Å²) in [5, 5.41) is 22.8. The molecule has 0 aliphatic heterocycles. The third-order valence-corrected chi connectivity index (χ3v) is 6.32. The van der Waals surface area contributed by atoms with Crippen LogP contribution in [-0.4, -0.2) is 29.5 Å². The molecule has 0 bridgehead atoms. The fraction of sp³-hybridized carbons (Fsp3) is 0.533. The van der Waals surface area contributed by atoms with Gasteiger partial charge in [0.2, 0.25) is 10.0 Å². The zero-order valence-electron chi connectivity index (χ0n) is 12.9. The first-order valence-corrected chi connectivity index (χ1v) is 9.47. The third kappa shape index (κ3) is 2.81. The molecule has 2 unspecified atom stereocenters. The number of aromatic nitrogens is 2. The molecule has 0 saturated heterocycles. The summed E-state index contributed by atoms with van der Waals surface area (Å²) in [6, 6.07) is 1.94. The van der Waals surface area contributed by atoms with Crippen LogP contribution in [0.1, 0.15) is 24.0 Å². The Morgan fingerprint density at radius 1 is 1.32 bits per heavy atom. The van der Waals surface area contributed by atoms with Crippen LogP contribution >= 0.6 is 0 Å². The molecule has 2 aliphatic rings. The van der Waals surface area contributed by atoms with E-state index in [0.29, 0.717) is 5.39 Å². The Labute approximate surface area is 141 Å². The SMILES string of the molecule is NS(=O)(=O)CC1[C@H]2CC(O)(c3cc(C(F)(F)F)cc4[nH]ncc34)C[C@@H]12. The number of hydrogen-bond donors (Lipinski definition) is 3. The van der Waals surface area contributed by atoms with Gasteiger partial charge >= 0.3 is 6.18 Å². The van der Waals surface area contributed by atoms with E-state index in [-0.39, 0.29) is 47.4 Å². The van der Waals surface area contributed by atoms with E-state index in [9.17, 15) is 26.7 Å². The summed E-state index contributed by atoms with van der Waals surface area (Å²) in [6.07, 6.45) is -2.70. The Bertz CT molecular complexity index is 942. The minimum absolute atomic E-state index is 0.0418. The van der Waals surface area contributed by atoms with Gasteiger partial charge in [-0.25, -0.2) is 13.6 Å². The number of aliphatic hydroxyl groups is 1. The minimum Gasteiger partial charge on any atom is -0.385 e. The lowest BCUT2D eigenvalue weighted by atomic mass is 9.84. The summed E-state index contributed by atoms with van der Waals surface area (Å²) >= 11 is 0. The lowest BCUT2D eigenvalue weighted by Gasteiger charge is -2.28. The van der Waals surface area contributed by atoms with Gasteiger partial charge in [-0.05, 0) is 48.3 Å². The van der Waals surface area contributed by atoms with Gasteiger partial charge in [0, 0.05) is 5.39 Å². The van der Waals surface area contributed by atoms with Crippen molar-refractivity contribution >= 4 is 20.9 Å². The molecular weight excluding hydrogens is 359 g/mol. The van der Waals surface area contributed by atoms with Gasteiger partial charge in [-0.15, -0.1) is 0 Å². The molecule has 4 N–H and O–H groups in total. The van der Waals surface area contributed by atoms with Gasteiger partial charge < -0.3 is 5.11 Å². The lowest BCUT2D eigenvalue weighted by Crippen LogP contribution is -2.28. The predicted octanol–water partition coefficient (Wildman–Crippen LogP) is 1.71. The van der Waals surface area contributed by atoms with Crippen LogP contribution in [0.4, 0.5) is 13.2 Å². The standard InChI is InChI=1S/C15H16F3N3O3S/c16-15(17,18)7-1-12(10-5-20-21-13(10)2-7)14(22)3-8-9(4-14)11(8)6-25(19,23)24/h1-2,5,8-9,11,22H,3-4,6H2,(H,20,21)(H2,19,23,24)/t8-,9+,11?,14?. The number of H-pyrrole nitrogens is 1. The molecule has 10 heteroatoms. The van der Waals surface area contributed by atoms with Crippen molar-refractivity contribution in [1.29, 1.82) is 0 Å². The number of alkyl halides is 3. The van der Waals surface area contributed by atoms with Crippen molar-refractivity contribution in [1.82, 2.24) is 10.2 Å². The first kappa shape index (κ1) is 16.8. The number of rotatable bonds is 3. The molecule has 0 spiro atoms. The third-order valence-electron chi connectivity index (χ3n) is 5.47. The van der Waals surface area contributed by atoms with Crippen LogP contribution in [0.3, 0.4) is 0 Å². The fourth-order valence-corrected chi connectivity index (χ4v) is 5.36. The Balaban J connectivity index is 1.68. The molecule has 6 nitrogen and oxygen atoms in total. The molecular formula is C15H16F3N3O3S. The molecule has 4 atom stereocenters. The van der Waals surface area contributed by atoms with Crippen molar-refractivity contribution in [3.05, 3.63) is 29.5 Å². The summed E-state index contributed by atoms with van der Waals surface area (Å²) < 4.78 is 61.9. The highest BCUT2D eigenvalue weighted by molar-refractivity contribution is 7.89. The second-order valence-corrected chi connectivity index (χ2v) is 8.77. The van der Waals surface area contributed by atoms with Crippen molar-refractivity contribution in [2.75, 3.05) is 5.75 Å². The van der Waals surface area contributed by atoms with Crippen LogP contribution in [0.15, 0.2) is 18.3 Å². The Morgan fingerprint density at radius 3 is 2.52 bits per heavy atom. The summed E-state index contributed by atoms with van der Waals surface area (Å²) in [4.78, 5) is 0. The zero-order valence-corrected chi connectivity index (χ0v) is 13.7. The number of aromatic amines is 1. The zero-order chi connectivity index (χ0) is 18.2. The van der Waals surface area contributed by atoms with Crippen LogP contribution in [0.2, 0.25) is 0 Å². The molecule has 2 aliphatic carbocycles. The van der Waals surface area contributed by atoms with Crippen LogP contribution in [0, 0.1) is 17.8 Å². The second kappa shape index (κ2) is 4.95. The molecule has 2 fully saturated rings. The van der Waals surface area contributed by atoms with E-state index in [1.807, 2.05) is 0 Å². The molecule has 1 aromatic carbocycles. The number of sulfonamides is 1. The van der Waals surface area contributed by atoms with Gasteiger partial charge in [-0.1, -0.05) is 0 Å². The number of halogens is 3. The van der Waals surface area contributed by atoms with Gasteiger partial charge in [0.1, 0.15) is 0 Å². The summed E-state index contributed by atoms with van der Waals surface area (Å²) in [7, 11) is -3.60. The highest BCUT2D eigenvalue weighted by Crippen LogP contribution is 2.64. The van der Waals surface area contributed by atoms with Gasteiger partial charge in [0.15, 0.2) is 0 Å². The maximum atomic E-state index is 13.2. The number of nitrogens with one attached hydrogen (secondary N) is 1. The van der Waals surface area contributed by atoms with Crippen LogP contribution in [0.25, 0.3) is 10.9 Å². The molecule has 0 radical (unpaired) electrons. The van der Waals surface area contributed by atoms with E-state index in [4.69, 9.17) is 5.14 Å². The second-order valence-electron chi connectivity index (χ2n) is 7.11. The Hall–Kier alpha value is -1.65. The molecule has 1 aromatic heterocycles. The highest BCUT2D eigenvalue weighted by Gasteiger charge is 2.62. The smallest absolute Gasteiger partial charge is 0.385 e. The molecule has 136 valence electrons. The average molecular weight is 375 g/mol. The summed E-state index contributed by atoms with van der Waals surface area (Å²) in [5.74, 6) is -0.358. The van der Waals surface area contributed by atoms with E-state index >= 15 is 0 Å². The summed E-state index contributed by atoms with van der Waals surface area (Å²) in [6.45, 7) is 0. The first-order valence-electron chi connectivity index (χ1n) is 7.76. The number of nitrogens with zero attached hydrogens (tertiary/aromatic N) is 1. The molecule has 2 saturated carbocycles. The highest BCUT2D eigenvalue weighted by atomic mass is 32.2. The van der Waals surface area contributed by atoms with E-state index in [1.165, 1.54) is 6.20 Å². The normalized spacial score (nSPS) is 32.1. The molecule has 4 rings (SSSR count). The van der Waals surface area contributed by atoms with Crippen LogP contribution in [-0.2, 0) is 21.8 Å². The van der Waals surface area contributed by atoms with Crippen LogP contribution in [0.5, 0.6) is 0 Å². The quantitative estimate of drug-likeness (QED) is 0.759. The van der Waals surface area contributed by atoms with Gasteiger partial charge in [0.05, 0.1) is 28.6 Å². The Kier molecular flexibility index (Phi) is 3.33. The van der Waals surface area contributed by atoms with E-state index in [2.05, 4.69) is 10.2 Å². The largest absolute Gasteiger partial charge is 0.416 e. The fourth-order valence-electron chi connectivity index (χ4n) is 4.33. The minimum atomic E-state index is -4.54. The van der Waals surface area contributed by atoms with Crippen molar-refractivity contribution in [2.45, 2.75) is 24.6 Å². The van der Waals surface area contributed by atoms with E-state index in [1.54, 1.807) is 0 Å². The summed E-state index contributed by atoms with van der Waals surface area (Å²) in [5.41, 5.74) is -1.88. The van der Waals surface area contributed by atoms with Gasteiger partial charge in [-0.2, -0.15) is 18.3 Å². The number of fused-ring (bicyclic) bond motifs is 2. The predicted molar refractivity (Wildman–Crippen MR) is 82.7 cm³/mol. The molecule has 0 amide bonds. The number of nitrogens with two attached hydrogens (primary N) is 1. The van der Waals surface area contributed by atoms with Crippen molar-refractivity contribution in [2.24, 2.45) is 22.9 Å². The molecule has 25 heavy (non-hydrogen) atoms. The molecule has 2 aromatic rings. The first-order chi connectivity index (χ1) is 11.5. The van der Waals surface area contributed by atoms with E-state index < -0.39 is 27.4 Å². The van der Waals surface area contributed by atoms with Gasteiger partial charge in [-0.3, -0.25) is 5.10 Å². The molecule has 1 heterocycles. The van der Waals surface area contributed by atoms with E-state index in [0.717, 1.165) is 12.1 Å². The maximum Gasteiger partial charge on any atom is 0.416 e. The maximum absolute atomic E-state index is 13.2. The van der Waals surface area contributed by atoms with Crippen molar-refractivity contribution in [3.63, 3.8) is 0 Å². The average Bonchev–Trinajstić information content (AvgIpc) is 2.89. The van der Waals surface area contributed by atoms with Gasteiger partial charge in [0.25, 0.3) is 0 Å². The topological polar surface area (TPSA) is 109 Å².